The Morgan fingerprint density at radius 1 is 1.10 bits per heavy atom. The first-order valence-corrected chi connectivity index (χ1v) is 11.1. The Balaban J connectivity index is 1.21. The molecule has 5 N–H and O–H groups in total. The third-order valence-corrected chi connectivity index (χ3v) is 6.17. The van der Waals surface area contributed by atoms with E-state index in [-0.39, 0.29) is 5.91 Å². The standard InChI is InChI=1S/C22H26N6O2S/c23-22-26-14-19(27-22)17-4-1-15(2-5-17)12-25-21(29)11-16-3-6-20(24-13-16)28-31-18-7-9-30-10-8-18/h1-6,13-14,18H,7-12H2,(H,24,28)(H,25,29)(H3,23,26,27). The van der Waals surface area contributed by atoms with Crippen LogP contribution in [-0.4, -0.2) is 39.3 Å². The maximum Gasteiger partial charge on any atom is 0.224 e. The first kappa shape index (κ1) is 21.2. The minimum atomic E-state index is -0.0375. The van der Waals surface area contributed by atoms with E-state index in [1.807, 2.05) is 36.4 Å². The molecular weight excluding hydrogens is 412 g/mol. The van der Waals surface area contributed by atoms with Crippen molar-refractivity contribution in [3.05, 3.63) is 59.9 Å². The average Bonchev–Trinajstić information content (AvgIpc) is 3.24. The number of nitrogens with two attached hydrogens (primary N) is 1. The monoisotopic (exact) mass is 438 g/mol. The van der Waals surface area contributed by atoms with E-state index in [2.05, 4.69) is 25.0 Å². The van der Waals surface area contributed by atoms with E-state index in [4.69, 9.17) is 10.5 Å². The number of amides is 1. The topological polar surface area (TPSA) is 118 Å². The van der Waals surface area contributed by atoms with Gasteiger partial charge in [-0.25, -0.2) is 9.97 Å². The number of anilines is 2. The molecule has 1 aliphatic rings. The fourth-order valence-electron chi connectivity index (χ4n) is 3.26. The lowest BCUT2D eigenvalue weighted by molar-refractivity contribution is -0.120. The zero-order valence-electron chi connectivity index (χ0n) is 17.1. The third kappa shape index (κ3) is 6.22. The van der Waals surface area contributed by atoms with Gasteiger partial charge in [-0.2, -0.15) is 0 Å². The van der Waals surface area contributed by atoms with Gasteiger partial charge in [-0.05, 0) is 47.5 Å². The summed E-state index contributed by atoms with van der Waals surface area (Å²) in [5, 5.41) is 3.50. The molecule has 0 spiro atoms. The predicted molar refractivity (Wildman–Crippen MR) is 123 cm³/mol. The molecule has 1 aromatic carbocycles. The molecule has 0 atom stereocenters. The zero-order valence-corrected chi connectivity index (χ0v) is 18.0. The largest absolute Gasteiger partial charge is 0.381 e. The quantitative estimate of drug-likeness (QED) is 0.399. The molecule has 3 heterocycles. The van der Waals surface area contributed by atoms with Gasteiger partial charge in [0.1, 0.15) is 5.82 Å². The van der Waals surface area contributed by atoms with Crippen LogP contribution in [0.5, 0.6) is 0 Å². The third-order valence-electron chi connectivity index (χ3n) is 5.04. The van der Waals surface area contributed by atoms with Gasteiger partial charge >= 0.3 is 0 Å². The Morgan fingerprint density at radius 2 is 1.87 bits per heavy atom. The number of imidazole rings is 1. The fourth-order valence-corrected chi connectivity index (χ4v) is 4.10. The molecule has 0 radical (unpaired) electrons. The number of hydrogen-bond donors (Lipinski definition) is 4. The van der Waals surface area contributed by atoms with Crippen molar-refractivity contribution in [3.8, 4) is 11.3 Å². The normalized spacial score (nSPS) is 14.3. The lowest BCUT2D eigenvalue weighted by Crippen LogP contribution is -2.24. The number of carbonyl (C=O) groups excluding carboxylic acids is 1. The van der Waals surface area contributed by atoms with Gasteiger partial charge in [0.2, 0.25) is 5.91 Å². The van der Waals surface area contributed by atoms with Crippen molar-refractivity contribution in [1.82, 2.24) is 20.3 Å². The molecule has 0 aliphatic carbocycles. The van der Waals surface area contributed by atoms with Crippen molar-refractivity contribution in [2.45, 2.75) is 31.1 Å². The molecule has 2 aromatic heterocycles. The van der Waals surface area contributed by atoms with Crippen LogP contribution in [0.1, 0.15) is 24.0 Å². The number of aromatic amines is 1. The van der Waals surface area contributed by atoms with Crippen molar-refractivity contribution in [1.29, 1.82) is 0 Å². The van der Waals surface area contributed by atoms with Crippen molar-refractivity contribution < 1.29 is 9.53 Å². The number of nitrogens with zero attached hydrogens (tertiary/aromatic N) is 2. The lowest BCUT2D eigenvalue weighted by atomic mass is 10.1. The van der Waals surface area contributed by atoms with Crippen LogP contribution < -0.4 is 15.8 Å². The van der Waals surface area contributed by atoms with E-state index in [1.54, 1.807) is 24.3 Å². The number of nitrogen functional groups attached to an aromatic ring is 1. The van der Waals surface area contributed by atoms with Gasteiger partial charge in [0.15, 0.2) is 5.95 Å². The van der Waals surface area contributed by atoms with Gasteiger partial charge in [-0.1, -0.05) is 30.3 Å². The average molecular weight is 439 g/mol. The van der Waals surface area contributed by atoms with Crippen molar-refractivity contribution >= 4 is 29.6 Å². The number of ether oxygens (including phenoxy) is 1. The molecule has 31 heavy (non-hydrogen) atoms. The van der Waals surface area contributed by atoms with Crippen LogP contribution in [0, 0.1) is 0 Å². The van der Waals surface area contributed by atoms with Gasteiger partial charge in [0.05, 0.1) is 18.3 Å². The number of hydrogen-bond acceptors (Lipinski definition) is 7. The Morgan fingerprint density at radius 3 is 2.55 bits per heavy atom. The first-order chi connectivity index (χ1) is 15.2. The van der Waals surface area contributed by atoms with Crippen LogP contribution in [0.4, 0.5) is 11.8 Å². The van der Waals surface area contributed by atoms with Crippen LogP contribution in [-0.2, 0) is 22.5 Å². The van der Waals surface area contributed by atoms with Gasteiger partial charge in [-0.3, -0.25) is 4.79 Å². The second-order valence-corrected chi connectivity index (χ2v) is 8.52. The number of rotatable bonds is 8. The SMILES string of the molecule is Nc1ncc(-c2ccc(CNC(=O)Cc3ccc(NSC4CCOCC4)nc3)cc2)[nH]1. The van der Waals surface area contributed by atoms with E-state index in [0.717, 1.165) is 54.3 Å². The first-order valence-electron chi connectivity index (χ1n) is 10.3. The lowest BCUT2D eigenvalue weighted by Gasteiger charge is -2.21. The number of carbonyl (C=O) groups is 1. The summed E-state index contributed by atoms with van der Waals surface area (Å²) in [6.45, 7) is 2.12. The van der Waals surface area contributed by atoms with Crippen LogP contribution in [0.15, 0.2) is 48.8 Å². The summed E-state index contributed by atoms with van der Waals surface area (Å²) < 4.78 is 8.67. The summed E-state index contributed by atoms with van der Waals surface area (Å²) in [7, 11) is 0. The number of H-pyrrole nitrogens is 1. The van der Waals surface area contributed by atoms with E-state index < -0.39 is 0 Å². The summed E-state index contributed by atoms with van der Waals surface area (Å²) in [4.78, 5) is 23.7. The highest BCUT2D eigenvalue weighted by molar-refractivity contribution is 8.01. The Labute approximate surface area is 185 Å². The molecule has 3 aromatic rings. The van der Waals surface area contributed by atoms with Crippen LogP contribution in [0.25, 0.3) is 11.3 Å². The number of benzene rings is 1. The molecule has 9 heteroatoms. The number of aromatic nitrogens is 3. The highest BCUT2D eigenvalue weighted by Gasteiger charge is 2.14. The predicted octanol–water partition coefficient (Wildman–Crippen LogP) is 3.15. The fraction of sp³-hybridized carbons (Fsp3) is 0.318. The molecule has 162 valence electrons. The summed E-state index contributed by atoms with van der Waals surface area (Å²) in [6.07, 6.45) is 5.85. The number of nitrogens with one attached hydrogen (secondary N) is 3. The van der Waals surface area contributed by atoms with Crippen molar-refractivity contribution in [3.63, 3.8) is 0 Å². The van der Waals surface area contributed by atoms with Gasteiger partial charge < -0.3 is 25.5 Å². The van der Waals surface area contributed by atoms with E-state index >= 15 is 0 Å². The minimum absolute atomic E-state index is 0.0375. The molecule has 1 aliphatic heterocycles. The molecule has 0 bridgehead atoms. The van der Waals surface area contributed by atoms with Crippen LogP contribution >= 0.6 is 11.9 Å². The molecular formula is C22H26N6O2S. The number of pyridine rings is 1. The van der Waals surface area contributed by atoms with Crippen molar-refractivity contribution in [2.75, 3.05) is 23.7 Å². The highest BCUT2D eigenvalue weighted by Crippen LogP contribution is 2.23. The Bertz CT molecular complexity index is 984. The molecule has 4 rings (SSSR count). The van der Waals surface area contributed by atoms with E-state index in [1.165, 1.54) is 0 Å². The van der Waals surface area contributed by atoms with Gasteiger partial charge in [-0.15, -0.1) is 0 Å². The highest BCUT2D eigenvalue weighted by atomic mass is 32.2. The summed E-state index contributed by atoms with van der Waals surface area (Å²) in [5.74, 6) is 1.16. The molecule has 0 unspecified atom stereocenters. The van der Waals surface area contributed by atoms with Crippen LogP contribution in [0.3, 0.4) is 0 Å². The van der Waals surface area contributed by atoms with Gasteiger partial charge in [0.25, 0.3) is 0 Å². The Kier molecular flexibility index (Phi) is 7.06. The second kappa shape index (κ2) is 10.3. The Hall–Kier alpha value is -3.04. The maximum absolute atomic E-state index is 12.3. The summed E-state index contributed by atoms with van der Waals surface area (Å²) >= 11 is 1.69. The molecule has 1 amide bonds. The molecule has 8 nitrogen and oxygen atoms in total. The zero-order chi connectivity index (χ0) is 21.5. The molecule has 0 saturated carbocycles. The molecule has 1 fully saturated rings. The van der Waals surface area contributed by atoms with E-state index in [0.29, 0.717) is 24.2 Å². The minimum Gasteiger partial charge on any atom is -0.381 e. The van der Waals surface area contributed by atoms with Gasteiger partial charge in [0, 0.05) is 31.2 Å². The smallest absolute Gasteiger partial charge is 0.224 e. The second-order valence-electron chi connectivity index (χ2n) is 7.42. The summed E-state index contributed by atoms with van der Waals surface area (Å²) in [5.41, 5.74) is 9.38. The van der Waals surface area contributed by atoms with Crippen molar-refractivity contribution in [2.24, 2.45) is 0 Å². The maximum atomic E-state index is 12.3. The van der Waals surface area contributed by atoms with E-state index in [9.17, 15) is 4.79 Å². The summed E-state index contributed by atoms with van der Waals surface area (Å²) in [6, 6.07) is 11.8. The van der Waals surface area contributed by atoms with Crippen LogP contribution in [0.2, 0.25) is 0 Å². The molecule has 1 saturated heterocycles.